The normalized spacial score (nSPS) is 15.6. The van der Waals surface area contributed by atoms with Crippen molar-refractivity contribution in [1.29, 1.82) is 0 Å². The summed E-state index contributed by atoms with van der Waals surface area (Å²) < 4.78 is 1.84. The SMILES string of the molecule is Clc1ccc(-n2cccn2)c(NC2CNC2)c1. The van der Waals surface area contributed by atoms with Crippen molar-refractivity contribution >= 4 is 17.3 Å². The van der Waals surface area contributed by atoms with Gasteiger partial charge in [-0.05, 0) is 24.3 Å². The predicted molar refractivity (Wildman–Crippen MR) is 68.9 cm³/mol. The first kappa shape index (κ1) is 10.6. The third-order valence-electron chi connectivity index (χ3n) is 2.85. The molecule has 2 heterocycles. The highest BCUT2D eigenvalue weighted by atomic mass is 35.5. The summed E-state index contributed by atoms with van der Waals surface area (Å²) >= 11 is 6.04. The zero-order chi connectivity index (χ0) is 11.7. The lowest BCUT2D eigenvalue weighted by atomic mass is 10.1. The molecular weight excluding hydrogens is 236 g/mol. The van der Waals surface area contributed by atoms with E-state index in [4.69, 9.17) is 11.6 Å². The molecule has 1 aliphatic heterocycles. The molecule has 0 radical (unpaired) electrons. The van der Waals surface area contributed by atoms with Gasteiger partial charge in [0.25, 0.3) is 0 Å². The Labute approximate surface area is 105 Å². The van der Waals surface area contributed by atoms with Crippen LogP contribution in [0.3, 0.4) is 0 Å². The van der Waals surface area contributed by atoms with Gasteiger partial charge in [0, 0.05) is 30.5 Å². The highest BCUT2D eigenvalue weighted by molar-refractivity contribution is 6.31. The van der Waals surface area contributed by atoms with E-state index in [0.29, 0.717) is 6.04 Å². The number of hydrogen-bond acceptors (Lipinski definition) is 3. The van der Waals surface area contributed by atoms with E-state index in [9.17, 15) is 0 Å². The third kappa shape index (κ3) is 2.14. The van der Waals surface area contributed by atoms with Gasteiger partial charge in [-0.1, -0.05) is 11.6 Å². The fourth-order valence-corrected chi connectivity index (χ4v) is 2.02. The minimum absolute atomic E-state index is 0.475. The molecule has 88 valence electrons. The molecule has 0 spiro atoms. The quantitative estimate of drug-likeness (QED) is 0.872. The molecular formula is C12H13ClN4. The maximum Gasteiger partial charge on any atom is 0.0877 e. The van der Waals surface area contributed by atoms with Crippen LogP contribution in [0.25, 0.3) is 5.69 Å². The molecule has 0 amide bonds. The lowest BCUT2D eigenvalue weighted by Gasteiger charge is -2.29. The molecule has 17 heavy (non-hydrogen) atoms. The number of nitrogens with one attached hydrogen (secondary N) is 2. The van der Waals surface area contributed by atoms with Crippen LogP contribution in [0, 0.1) is 0 Å². The van der Waals surface area contributed by atoms with Crippen LogP contribution in [-0.2, 0) is 0 Å². The largest absolute Gasteiger partial charge is 0.378 e. The second-order valence-corrected chi connectivity index (χ2v) is 4.55. The van der Waals surface area contributed by atoms with Crippen molar-refractivity contribution in [2.24, 2.45) is 0 Å². The van der Waals surface area contributed by atoms with Crippen LogP contribution in [0.15, 0.2) is 36.7 Å². The summed E-state index contributed by atoms with van der Waals surface area (Å²) in [5.41, 5.74) is 2.04. The maximum absolute atomic E-state index is 6.04. The van der Waals surface area contributed by atoms with Crippen molar-refractivity contribution in [3.8, 4) is 5.69 Å². The Hall–Kier alpha value is -1.52. The van der Waals surface area contributed by atoms with Gasteiger partial charge < -0.3 is 10.6 Å². The average Bonchev–Trinajstić information content (AvgIpc) is 2.77. The topological polar surface area (TPSA) is 41.9 Å². The summed E-state index contributed by atoms with van der Waals surface area (Å²) in [6, 6.07) is 8.18. The molecule has 1 aliphatic rings. The minimum Gasteiger partial charge on any atom is -0.378 e. The first-order valence-electron chi connectivity index (χ1n) is 5.60. The summed E-state index contributed by atoms with van der Waals surface area (Å²) in [6.07, 6.45) is 3.69. The first-order chi connectivity index (χ1) is 8.33. The van der Waals surface area contributed by atoms with Crippen molar-refractivity contribution < 1.29 is 0 Å². The molecule has 1 aromatic carbocycles. The van der Waals surface area contributed by atoms with Gasteiger partial charge in [-0.2, -0.15) is 5.10 Å². The summed E-state index contributed by atoms with van der Waals surface area (Å²) in [4.78, 5) is 0. The van der Waals surface area contributed by atoms with E-state index in [-0.39, 0.29) is 0 Å². The Bertz CT molecular complexity index is 505. The fourth-order valence-electron chi connectivity index (χ4n) is 1.85. The van der Waals surface area contributed by atoms with Crippen molar-refractivity contribution in [3.63, 3.8) is 0 Å². The van der Waals surface area contributed by atoms with E-state index < -0.39 is 0 Å². The van der Waals surface area contributed by atoms with Gasteiger partial charge in [0.15, 0.2) is 0 Å². The summed E-state index contributed by atoms with van der Waals surface area (Å²) in [7, 11) is 0. The van der Waals surface area contributed by atoms with Crippen LogP contribution in [0.1, 0.15) is 0 Å². The maximum atomic E-state index is 6.04. The van der Waals surface area contributed by atoms with Crippen molar-refractivity contribution in [2.75, 3.05) is 18.4 Å². The first-order valence-corrected chi connectivity index (χ1v) is 5.97. The Morgan fingerprint density at radius 3 is 2.94 bits per heavy atom. The number of hydrogen-bond donors (Lipinski definition) is 2. The van der Waals surface area contributed by atoms with E-state index in [1.165, 1.54) is 0 Å². The molecule has 3 rings (SSSR count). The standard InChI is InChI=1S/C12H13ClN4/c13-9-2-3-12(17-5-1-4-15-17)11(6-9)16-10-7-14-8-10/h1-6,10,14,16H,7-8H2. The van der Waals surface area contributed by atoms with Crippen molar-refractivity contribution in [1.82, 2.24) is 15.1 Å². The van der Waals surface area contributed by atoms with Crippen LogP contribution in [0.4, 0.5) is 5.69 Å². The van der Waals surface area contributed by atoms with Gasteiger partial charge in [-0.15, -0.1) is 0 Å². The number of aromatic nitrogens is 2. The molecule has 5 heteroatoms. The molecule has 1 fully saturated rings. The van der Waals surface area contributed by atoms with E-state index in [2.05, 4.69) is 15.7 Å². The molecule has 0 bridgehead atoms. The third-order valence-corrected chi connectivity index (χ3v) is 3.09. The highest BCUT2D eigenvalue weighted by Gasteiger charge is 2.18. The van der Waals surface area contributed by atoms with Crippen LogP contribution in [0.5, 0.6) is 0 Å². The van der Waals surface area contributed by atoms with Gasteiger partial charge in [0.2, 0.25) is 0 Å². The molecule has 2 aromatic rings. The summed E-state index contributed by atoms with van der Waals surface area (Å²) in [5, 5.41) is 11.7. The monoisotopic (exact) mass is 248 g/mol. The highest BCUT2D eigenvalue weighted by Crippen LogP contribution is 2.25. The van der Waals surface area contributed by atoms with Crippen LogP contribution in [0.2, 0.25) is 5.02 Å². The Morgan fingerprint density at radius 1 is 1.41 bits per heavy atom. The zero-order valence-electron chi connectivity index (χ0n) is 9.23. The second kappa shape index (κ2) is 4.39. The average molecular weight is 249 g/mol. The molecule has 0 unspecified atom stereocenters. The lowest BCUT2D eigenvalue weighted by molar-refractivity contribution is 0.472. The van der Waals surface area contributed by atoms with Gasteiger partial charge in [-0.25, -0.2) is 4.68 Å². The predicted octanol–water partition coefficient (Wildman–Crippen LogP) is 1.91. The number of anilines is 1. The van der Waals surface area contributed by atoms with Gasteiger partial charge in [-0.3, -0.25) is 0 Å². The van der Waals surface area contributed by atoms with Gasteiger partial charge in [0.05, 0.1) is 17.4 Å². The number of halogens is 1. The Kier molecular flexibility index (Phi) is 2.74. The minimum atomic E-state index is 0.475. The van der Waals surface area contributed by atoms with Crippen molar-refractivity contribution in [3.05, 3.63) is 41.7 Å². The van der Waals surface area contributed by atoms with Crippen LogP contribution in [-0.4, -0.2) is 28.9 Å². The Morgan fingerprint density at radius 2 is 2.29 bits per heavy atom. The van der Waals surface area contributed by atoms with Gasteiger partial charge in [0.1, 0.15) is 0 Å². The van der Waals surface area contributed by atoms with E-state index in [0.717, 1.165) is 29.5 Å². The van der Waals surface area contributed by atoms with E-state index >= 15 is 0 Å². The van der Waals surface area contributed by atoms with Crippen molar-refractivity contribution in [2.45, 2.75) is 6.04 Å². The Balaban J connectivity index is 1.95. The van der Waals surface area contributed by atoms with Crippen LogP contribution < -0.4 is 10.6 Å². The summed E-state index contributed by atoms with van der Waals surface area (Å²) in [6.45, 7) is 1.98. The smallest absolute Gasteiger partial charge is 0.0877 e. The fraction of sp³-hybridized carbons (Fsp3) is 0.250. The molecule has 0 aliphatic carbocycles. The molecule has 0 atom stereocenters. The zero-order valence-corrected chi connectivity index (χ0v) is 9.98. The number of benzene rings is 1. The number of rotatable bonds is 3. The van der Waals surface area contributed by atoms with E-state index in [1.54, 1.807) is 6.20 Å². The van der Waals surface area contributed by atoms with Crippen LogP contribution >= 0.6 is 11.6 Å². The molecule has 0 saturated carbocycles. The second-order valence-electron chi connectivity index (χ2n) is 4.11. The van der Waals surface area contributed by atoms with E-state index in [1.807, 2.05) is 35.1 Å². The molecule has 1 saturated heterocycles. The summed E-state index contributed by atoms with van der Waals surface area (Å²) in [5.74, 6) is 0. The number of nitrogens with zero attached hydrogens (tertiary/aromatic N) is 2. The molecule has 2 N–H and O–H groups in total. The lowest BCUT2D eigenvalue weighted by Crippen LogP contribution is -2.51. The molecule has 1 aromatic heterocycles. The van der Waals surface area contributed by atoms with Gasteiger partial charge >= 0.3 is 0 Å². The molecule has 4 nitrogen and oxygen atoms in total.